The molecule has 2 N–H and O–H groups in total. The molecular weight excluding hydrogens is 228 g/mol. The first kappa shape index (κ1) is 12.3. The average molecular weight is 246 g/mol. The first-order valence-electron chi connectivity index (χ1n) is 5.85. The Morgan fingerprint density at radius 3 is 2.71 bits per heavy atom. The Morgan fingerprint density at radius 2 is 2.06 bits per heavy atom. The van der Waals surface area contributed by atoms with Gasteiger partial charge in [0.15, 0.2) is 0 Å². The van der Waals surface area contributed by atoms with Crippen LogP contribution in [0, 0.1) is 13.8 Å². The summed E-state index contributed by atoms with van der Waals surface area (Å²) in [5.74, 6) is 0.347. The third kappa shape index (κ3) is 2.56. The van der Waals surface area contributed by atoms with Gasteiger partial charge in [-0.15, -0.1) is 11.3 Å². The molecule has 1 heterocycles. The number of hydrogen-bond acceptors (Lipinski definition) is 3. The first-order chi connectivity index (χ1) is 8.11. The molecule has 3 heteroatoms. The van der Waals surface area contributed by atoms with Crippen molar-refractivity contribution in [2.24, 2.45) is 5.73 Å². The zero-order valence-corrected chi connectivity index (χ0v) is 11.3. The third-order valence-corrected chi connectivity index (χ3v) is 4.18. The lowest BCUT2D eigenvalue weighted by molar-refractivity contribution is 0.766. The van der Waals surface area contributed by atoms with Gasteiger partial charge in [0, 0.05) is 23.4 Å². The molecule has 0 amide bonds. The van der Waals surface area contributed by atoms with Crippen molar-refractivity contribution in [3.8, 4) is 11.3 Å². The largest absolute Gasteiger partial charge is 0.330 e. The highest BCUT2D eigenvalue weighted by Gasteiger charge is 2.10. The molecule has 0 fully saturated rings. The van der Waals surface area contributed by atoms with E-state index in [4.69, 9.17) is 5.73 Å². The molecule has 0 aliphatic rings. The zero-order valence-electron chi connectivity index (χ0n) is 10.5. The third-order valence-electron chi connectivity index (χ3n) is 3.10. The molecule has 2 rings (SSSR count). The molecule has 2 aromatic rings. The summed E-state index contributed by atoms with van der Waals surface area (Å²) >= 11 is 1.70. The van der Waals surface area contributed by atoms with E-state index in [1.54, 1.807) is 11.3 Å². The van der Waals surface area contributed by atoms with Crippen molar-refractivity contribution in [3.05, 3.63) is 39.7 Å². The van der Waals surface area contributed by atoms with Gasteiger partial charge in [0.2, 0.25) is 0 Å². The molecule has 1 atom stereocenters. The van der Waals surface area contributed by atoms with Crippen LogP contribution in [0.4, 0.5) is 0 Å². The monoisotopic (exact) mass is 246 g/mol. The molecule has 0 radical (unpaired) electrons. The van der Waals surface area contributed by atoms with Gasteiger partial charge in [-0.2, -0.15) is 0 Å². The summed E-state index contributed by atoms with van der Waals surface area (Å²) in [6.07, 6.45) is 0. The molecule has 0 saturated heterocycles. The minimum absolute atomic E-state index is 0.347. The second-order valence-electron chi connectivity index (χ2n) is 4.51. The van der Waals surface area contributed by atoms with Crippen LogP contribution in [0.2, 0.25) is 0 Å². The summed E-state index contributed by atoms with van der Waals surface area (Å²) in [6, 6.07) is 6.48. The Kier molecular flexibility index (Phi) is 3.60. The number of rotatable bonds is 3. The number of nitrogens with two attached hydrogens (primary N) is 1. The fourth-order valence-electron chi connectivity index (χ4n) is 1.65. The number of aryl methyl sites for hydroxylation is 2. The topological polar surface area (TPSA) is 38.9 Å². The molecule has 1 aromatic heterocycles. The molecule has 0 bridgehead atoms. The minimum Gasteiger partial charge on any atom is -0.330 e. The Bertz CT molecular complexity index is 517. The SMILES string of the molecule is Cc1ccc(-c2csc(C(C)CN)n2)cc1C. The van der Waals surface area contributed by atoms with Crippen LogP contribution < -0.4 is 5.73 Å². The lowest BCUT2D eigenvalue weighted by Crippen LogP contribution is -2.08. The number of benzene rings is 1. The van der Waals surface area contributed by atoms with Crippen LogP contribution in [0.1, 0.15) is 29.0 Å². The van der Waals surface area contributed by atoms with Crippen LogP contribution in [0.25, 0.3) is 11.3 Å². The fourth-order valence-corrected chi connectivity index (χ4v) is 2.55. The molecular formula is C14H18N2S. The highest BCUT2D eigenvalue weighted by Crippen LogP contribution is 2.27. The van der Waals surface area contributed by atoms with Crippen molar-refractivity contribution < 1.29 is 0 Å². The molecule has 0 saturated carbocycles. The highest BCUT2D eigenvalue weighted by molar-refractivity contribution is 7.10. The molecule has 0 aliphatic heterocycles. The van der Waals surface area contributed by atoms with E-state index >= 15 is 0 Å². The molecule has 1 unspecified atom stereocenters. The van der Waals surface area contributed by atoms with Crippen LogP contribution in [-0.2, 0) is 0 Å². The summed E-state index contributed by atoms with van der Waals surface area (Å²) in [6.45, 7) is 7.03. The van der Waals surface area contributed by atoms with Gasteiger partial charge in [0.05, 0.1) is 10.7 Å². The van der Waals surface area contributed by atoms with Crippen LogP contribution >= 0.6 is 11.3 Å². The Labute approximate surface area is 107 Å². The molecule has 90 valence electrons. The second-order valence-corrected chi connectivity index (χ2v) is 5.40. The molecule has 0 aliphatic carbocycles. The quantitative estimate of drug-likeness (QED) is 0.900. The van der Waals surface area contributed by atoms with E-state index in [1.165, 1.54) is 16.7 Å². The van der Waals surface area contributed by atoms with Crippen molar-refractivity contribution in [2.45, 2.75) is 26.7 Å². The van der Waals surface area contributed by atoms with Gasteiger partial charge in [0.25, 0.3) is 0 Å². The Balaban J connectivity index is 2.33. The van der Waals surface area contributed by atoms with Gasteiger partial charge in [-0.05, 0) is 31.0 Å². The van der Waals surface area contributed by atoms with E-state index < -0.39 is 0 Å². The van der Waals surface area contributed by atoms with E-state index in [2.05, 4.69) is 49.3 Å². The maximum Gasteiger partial charge on any atom is 0.0973 e. The fraction of sp³-hybridized carbons (Fsp3) is 0.357. The molecule has 1 aromatic carbocycles. The van der Waals surface area contributed by atoms with Gasteiger partial charge in [0.1, 0.15) is 0 Å². The molecule has 17 heavy (non-hydrogen) atoms. The van der Waals surface area contributed by atoms with Crippen molar-refractivity contribution in [3.63, 3.8) is 0 Å². The maximum atomic E-state index is 5.66. The van der Waals surface area contributed by atoms with E-state index in [9.17, 15) is 0 Å². The Morgan fingerprint density at radius 1 is 1.29 bits per heavy atom. The lowest BCUT2D eigenvalue weighted by atomic mass is 10.0. The van der Waals surface area contributed by atoms with Crippen molar-refractivity contribution in [2.75, 3.05) is 6.54 Å². The van der Waals surface area contributed by atoms with E-state index in [0.29, 0.717) is 12.5 Å². The highest BCUT2D eigenvalue weighted by atomic mass is 32.1. The summed E-state index contributed by atoms with van der Waals surface area (Å²) < 4.78 is 0. The van der Waals surface area contributed by atoms with E-state index in [-0.39, 0.29) is 0 Å². The zero-order chi connectivity index (χ0) is 12.4. The van der Waals surface area contributed by atoms with Gasteiger partial charge in [-0.25, -0.2) is 4.98 Å². The summed E-state index contributed by atoms with van der Waals surface area (Å²) in [7, 11) is 0. The molecule has 0 spiro atoms. The lowest BCUT2D eigenvalue weighted by Gasteiger charge is -2.04. The maximum absolute atomic E-state index is 5.66. The van der Waals surface area contributed by atoms with Crippen molar-refractivity contribution in [1.82, 2.24) is 4.98 Å². The standard InChI is InChI=1S/C14H18N2S/c1-9-4-5-12(6-10(9)2)13-8-17-14(16-13)11(3)7-15/h4-6,8,11H,7,15H2,1-3H3. The van der Waals surface area contributed by atoms with Gasteiger partial charge < -0.3 is 5.73 Å². The number of thiazole rings is 1. The minimum atomic E-state index is 0.347. The molecule has 2 nitrogen and oxygen atoms in total. The normalized spacial score (nSPS) is 12.7. The predicted octanol–water partition coefficient (Wildman–Crippen LogP) is 3.49. The van der Waals surface area contributed by atoms with Crippen LogP contribution in [-0.4, -0.2) is 11.5 Å². The summed E-state index contributed by atoms with van der Waals surface area (Å²) in [4.78, 5) is 4.66. The summed E-state index contributed by atoms with van der Waals surface area (Å²) in [5.41, 5.74) is 10.5. The summed E-state index contributed by atoms with van der Waals surface area (Å²) in [5, 5.41) is 3.24. The van der Waals surface area contributed by atoms with Crippen LogP contribution in [0.5, 0.6) is 0 Å². The van der Waals surface area contributed by atoms with Crippen molar-refractivity contribution in [1.29, 1.82) is 0 Å². The second kappa shape index (κ2) is 4.98. The number of aromatic nitrogens is 1. The van der Waals surface area contributed by atoms with Gasteiger partial charge >= 0.3 is 0 Å². The smallest absolute Gasteiger partial charge is 0.0973 e. The predicted molar refractivity (Wildman–Crippen MR) is 74.5 cm³/mol. The number of hydrogen-bond donors (Lipinski definition) is 1. The van der Waals surface area contributed by atoms with E-state index in [0.717, 1.165) is 10.7 Å². The van der Waals surface area contributed by atoms with Gasteiger partial charge in [-0.3, -0.25) is 0 Å². The average Bonchev–Trinajstić information content (AvgIpc) is 2.81. The van der Waals surface area contributed by atoms with E-state index in [1.807, 2.05) is 0 Å². The first-order valence-corrected chi connectivity index (χ1v) is 6.73. The Hall–Kier alpha value is -1.19. The van der Waals surface area contributed by atoms with Gasteiger partial charge in [-0.1, -0.05) is 19.1 Å². The van der Waals surface area contributed by atoms with Crippen LogP contribution in [0.15, 0.2) is 23.6 Å². The van der Waals surface area contributed by atoms with Crippen molar-refractivity contribution >= 4 is 11.3 Å². The number of nitrogens with zero attached hydrogens (tertiary/aromatic N) is 1. The van der Waals surface area contributed by atoms with Crippen LogP contribution in [0.3, 0.4) is 0 Å².